The minimum atomic E-state index is -5.01. The Labute approximate surface area is 227 Å². The summed E-state index contributed by atoms with van der Waals surface area (Å²) in [6.07, 6.45) is -8.53. The van der Waals surface area contributed by atoms with Crippen molar-refractivity contribution in [3.8, 4) is 0 Å². The molecule has 0 saturated carbocycles. The molecule has 0 fully saturated rings. The molecular formula is C30H26F6N2O2. The van der Waals surface area contributed by atoms with Crippen LogP contribution in [0.4, 0.5) is 32.0 Å². The number of anilines is 1. The standard InChI is InChI=1S/C30H26F6N2O2/c1-17-6-3-8-20(12-17)24-23-10-4-7-19-9-5-11-38(26(19)23)28(40)25(24)27(39)37(2)16-18-13-21(29(31,32)33)15-22(14-18)30(34,35)36/h3-4,6-8,10,12-15,24-25H,5,9,11,16H2,1-2H3. The van der Waals surface area contributed by atoms with Crippen LogP contribution in [0.5, 0.6) is 0 Å². The molecule has 3 aromatic carbocycles. The molecule has 0 spiro atoms. The second-order valence-corrected chi connectivity index (χ2v) is 10.4. The number of rotatable bonds is 4. The van der Waals surface area contributed by atoms with Crippen molar-refractivity contribution in [1.29, 1.82) is 0 Å². The Morgan fingerprint density at radius 3 is 2.23 bits per heavy atom. The van der Waals surface area contributed by atoms with Crippen molar-refractivity contribution in [1.82, 2.24) is 4.90 Å². The Morgan fingerprint density at radius 2 is 1.60 bits per heavy atom. The lowest BCUT2D eigenvalue weighted by molar-refractivity contribution is -0.143. The van der Waals surface area contributed by atoms with Gasteiger partial charge >= 0.3 is 12.4 Å². The Bertz CT molecular complexity index is 1450. The highest BCUT2D eigenvalue weighted by Gasteiger charge is 2.47. The van der Waals surface area contributed by atoms with E-state index in [1.807, 2.05) is 49.4 Å². The fourth-order valence-corrected chi connectivity index (χ4v) is 5.83. The smallest absolute Gasteiger partial charge is 0.341 e. The molecule has 5 rings (SSSR count). The van der Waals surface area contributed by atoms with E-state index in [1.54, 1.807) is 4.90 Å². The van der Waals surface area contributed by atoms with Crippen LogP contribution < -0.4 is 4.90 Å². The molecule has 210 valence electrons. The molecule has 4 nitrogen and oxygen atoms in total. The molecule has 0 N–H and O–H groups in total. The third kappa shape index (κ3) is 5.07. The lowest BCUT2D eigenvalue weighted by Crippen LogP contribution is -2.51. The lowest BCUT2D eigenvalue weighted by atomic mass is 9.73. The van der Waals surface area contributed by atoms with Gasteiger partial charge in [0.05, 0.1) is 16.8 Å². The van der Waals surface area contributed by atoms with Gasteiger partial charge in [-0.2, -0.15) is 26.3 Å². The summed E-state index contributed by atoms with van der Waals surface area (Å²) in [7, 11) is 1.29. The number of aryl methyl sites for hydroxylation is 2. The Hall–Kier alpha value is -3.82. The predicted octanol–water partition coefficient (Wildman–Crippen LogP) is 6.73. The van der Waals surface area contributed by atoms with Gasteiger partial charge in [0, 0.05) is 26.1 Å². The summed E-state index contributed by atoms with van der Waals surface area (Å²) >= 11 is 0. The number of halogens is 6. The summed E-state index contributed by atoms with van der Waals surface area (Å²) in [4.78, 5) is 30.5. The van der Waals surface area contributed by atoms with Gasteiger partial charge in [-0.05, 0) is 60.2 Å². The Balaban J connectivity index is 1.56. The predicted molar refractivity (Wildman–Crippen MR) is 137 cm³/mol. The number of benzene rings is 3. The van der Waals surface area contributed by atoms with Crippen molar-refractivity contribution < 1.29 is 35.9 Å². The maximum absolute atomic E-state index is 14.0. The van der Waals surface area contributed by atoms with E-state index in [0.717, 1.165) is 39.3 Å². The fourth-order valence-electron chi connectivity index (χ4n) is 5.83. The molecular weight excluding hydrogens is 534 g/mol. The summed E-state index contributed by atoms with van der Waals surface area (Å²) < 4.78 is 80.5. The van der Waals surface area contributed by atoms with Crippen molar-refractivity contribution in [3.05, 3.63) is 99.6 Å². The first-order chi connectivity index (χ1) is 18.8. The molecule has 2 aliphatic heterocycles. The lowest BCUT2D eigenvalue weighted by Gasteiger charge is -2.43. The van der Waals surface area contributed by atoms with Gasteiger partial charge in [-0.25, -0.2) is 0 Å². The number of nitrogens with zero attached hydrogens (tertiary/aromatic N) is 2. The van der Waals surface area contributed by atoms with E-state index in [9.17, 15) is 35.9 Å². The maximum Gasteiger partial charge on any atom is 0.416 e. The van der Waals surface area contributed by atoms with Crippen molar-refractivity contribution in [2.45, 2.75) is 44.6 Å². The van der Waals surface area contributed by atoms with Crippen LogP contribution >= 0.6 is 0 Å². The average molecular weight is 561 g/mol. The van der Waals surface area contributed by atoms with Crippen molar-refractivity contribution >= 4 is 17.5 Å². The summed E-state index contributed by atoms with van der Waals surface area (Å²) in [6.45, 7) is 1.76. The molecule has 10 heteroatoms. The van der Waals surface area contributed by atoms with Gasteiger partial charge in [0.25, 0.3) is 0 Å². The van der Waals surface area contributed by atoms with Crippen molar-refractivity contribution in [2.24, 2.45) is 5.92 Å². The molecule has 3 aromatic rings. The van der Waals surface area contributed by atoms with Gasteiger partial charge < -0.3 is 9.80 Å². The van der Waals surface area contributed by atoms with Crippen LogP contribution in [0.2, 0.25) is 0 Å². The minimum Gasteiger partial charge on any atom is -0.341 e. The Kier molecular flexibility index (Phi) is 6.92. The zero-order chi connectivity index (χ0) is 29.0. The second-order valence-electron chi connectivity index (χ2n) is 10.4. The molecule has 0 aromatic heterocycles. The molecule has 2 unspecified atom stereocenters. The summed E-state index contributed by atoms with van der Waals surface area (Å²) in [5.41, 5.74) is 0.972. The number of amides is 2. The Morgan fingerprint density at radius 1 is 0.950 bits per heavy atom. The summed E-state index contributed by atoms with van der Waals surface area (Å²) in [5, 5.41) is 0. The molecule has 2 amide bonds. The second kappa shape index (κ2) is 9.98. The maximum atomic E-state index is 14.0. The van der Waals surface area contributed by atoms with Gasteiger partial charge in [0.1, 0.15) is 5.92 Å². The van der Waals surface area contributed by atoms with Crippen molar-refractivity contribution in [3.63, 3.8) is 0 Å². The number of hydrogen-bond donors (Lipinski definition) is 0. The van der Waals surface area contributed by atoms with E-state index in [4.69, 9.17) is 0 Å². The number of alkyl halides is 6. The average Bonchev–Trinajstić information content (AvgIpc) is 2.89. The molecule has 0 radical (unpaired) electrons. The molecule has 2 heterocycles. The summed E-state index contributed by atoms with van der Waals surface area (Å²) in [6, 6.07) is 14.4. The third-order valence-corrected chi connectivity index (χ3v) is 7.56. The van der Waals surface area contributed by atoms with Crippen LogP contribution in [0.25, 0.3) is 0 Å². The van der Waals surface area contributed by atoms with Gasteiger partial charge in [-0.15, -0.1) is 0 Å². The summed E-state index contributed by atoms with van der Waals surface area (Å²) in [5.74, 6) is -3.01. The number of carbonyl (C=O) groups excluding carboxylic acids is 2. The monoisotopic (exact) mass is 560 g/mol. The molecule has 0 saturated heterocycles. The van der Waals surface area contributed by atoms with Crippen LogP contribution in [-0.4, -0.2) is 30.3 Å². The highest BCUT2D eigenvalue weighted by atomic mass is 19.4. The van der Waals surface area contributed by atoms with E-state index in [2.05, 4.69) is 0 Å². The van der Waals surface area contributed by atoms with Gasteiger partial charge in [-0.1, -0.05) is 48.0 Å². The van der Waals surface area contributed by atoms with Gasteiger partial charge in [0.2, 0.25) is 11.8 Å². The van der Waals surface area contributed by atoms with E-state index >= 15 is 0 Å². The van der Waals surface area contributed by atoms with E-state index in [1.165, 1.54) is 7.05 Å². The zero-order valence-corrected chi connectivity index (χ0v) is 21.7. The van der Waals surface area contributed by atoms with Crippen LogP contribution in [0.15, 0.2) is 60.7 Å². The number of carbonyl (C=O) groups is 2. The van der Waals surface area contributed by atoms with Crippen LogP contribution in [-0.2, 0) is 34.9 Å². The van der Waals surface area contributed by atoms with Gasteiger partial charge in [0.15, 0.2) is 0 Å². The molecule has 2 atom stereocenters. The molecule has 0 bridgehead atoms. The van der Waals surface area contributed by atoms with Crippen LogP contribution in [0, 0.1) is 12.8 Å². The van der Waals surface area contributed by atoms with E-state index in [-0.39, 0.29) is 11.6 Å². The van der Waals surface area contributed by atoms with Crippen LogP contribution in [0.3, 0.4) is 0 Å². The first-order valence-electron chi connectivity index (χ1n) is 12.8. The van der Waals surface area contributed by atoms with Gasteiger partial charge in [-0.3, -0.25) is 9.59 Å². The highest BCUT2D eigenvalue weighted by Crippen LogP contribution is 2.47. The van der Waals surface area contributed by atoms with E-state index in [0.29, 0.717) is 25.1 Å². The van der Waals surface area contributed by atoms with Crippen LogP contribution in [0.1, 0.15) is 51.3 Å². The zero-order valence-electron chi connectivity index (χ0n) is 21.7. The fraction of sp³-hybridized carbons (Fsp3) is 0.333. The normalized spacial score (nSPS) is 18.9. The number of hydrogen-bond acceptors (Lipinski definition) is 2. The van der Waals surface area contributed by atoms with E-state index < -0.39 is 53.7 Å². The number of para-hydroxylation sites is 1. The topological polar surface area (TPSA) is 40.6 Å². The molecule has 2 aliphatic rings. The largest absolute Gasteiger partial charge is 0.416 e. The SMILES string of the molecule is Cc1cccc(C2c3cccc4c3N(CCC4)C(=O)C2C(=O)N(C)Cc2cc(C(F)(F)F)cc(C(F)(F)F)c2)c1. The first kappa shape index (κ1) is 27.7. The quantitative estimate of drug-likeness (QED) is 0.262. The molecule has 40 heavy (non-hydrogen) atoms. The minimum absolute atomic E-state index is 0.0502. The first-order valence-corrected chi connectivity index (χ1v) is 12.8. The molecule has 0 aliphatic carbocycles. The van der Waals surface area contributed by atoms with Crippen molar-refractivity contribution in [2.75, 3.05) is 18.5 Å². The highest BCUT2D eigenvalue weighted by molar-refractivity contribution is 6.12. The third-order valence-electron chi connectivity index (χ3n) is 7.56.